The lowest BCUT2D eigenvalue weighted by atomic mass is 10.2. The van der Waals surface area contributed by atoms with Gasteiger partial charge in [0.2, 0.25) is 0 Å². The number of nitrogens with zero attached hydrogens (tertiary/aromatic N) is 1. The third kappa shape index (κ3) is 5.48. The van der Waals surface area contributed by atoms with Gasteiger partial charge in [-0.05, 0) is 26.3 Å². The Morgan fingerprint density at radius 2 is 1.88 bits per heavy atom. The molecule has 100 valence electrons. The van der Waals surface area contributed by atoms with Crippen molar-refractivity contribution in [1.82, 2.24) is 4.90 Å². The minimum atomic E-state index is -0.602. The van der Waals surface area contributed by atoms with Crippen LogP contribution in [0.1, 0.15) is 32.6 Å². The quantitative estimate of drug-likeness (QED) is 0.493. The summed E-state index contributed by atoms with van der Waals surface area (Å²) in [6.07, 6.45) is 2.08. The Labute approximate surface area is 102 Å². The van der Waals surface area contributed by atoms with Crippen molar-refractivity contribution >= 4 is 5.97 Å². The van der Waals surface area contributed by atoms with E-state index in [0.29, 0.717) is 26.1 Å². The van der Waals surface area contributed by atoms with Crippen molar-refractivity contribution in [2.45, 2.75) is 44.8 Å². The smallest absolute Gasteiger partial charge is 0.305 e. The Bertz CT molecular complexity index is 225. The number of hydrogen-bond donors (Lipinski definition) is 2. The molecule has 0 aromatic carbocycles. The summed E-state index contributed by atoms with van der Waals surface area (Å²) in [7, 11) is 0. The van der Waals surface area contributed by atoms with Crippen LogP contribution in [0.3, 0.4) is 0 Å². The number of rotatable bonds is 7. The highest BCUT2D eigenvalue weighted by Gasteiger charge is 2.28. The maximum Gasteiger partial charge on any atom is 0.305 e. The average molecular weight is 245 g/mol. The molecule has 17 heavy (non-hydrogen) atoms. The molecule has 1 rings (SSSR count). The third-order valence-electron chi connectivity index (χ3n) is 3.00. The first-order chi connectivity index (χ1) is 8.13. The number of β-amino-alcohol motifs (C(OH)–C–C–N with tert-alkyl or cyclic N) is 2. The molecule has 0 aromatic heterocycles. The lowest BCUT2D eigenvalue weighted by Gasteiger charge is -2.13. The van der Waals surface area contributed by atoms with Crippen molar-refractivity contribution in [1.29, 1.82) is 0 Å². The van der Waals surface area contributed by atoms with Gasteiger partial charge in [-0.1, -0.05) is 6.42 Å². The molecule has 2 N–H and O–H groups in total. The molecule has 0 aromatic rings. The van der Waals surface area contributed by atoms with Gasteiger partial charge in [0.1, 0.15) is 0 Å². The molecule has 5 heteroatoms. The Morgan fingerprint density at radius 1 is 1.24 bits per heavy atom. The molecule has 2 unspecified atom stereocenters. The molecule has 1 heterocycles. The van der Waals surface area contributed by atoms with Gasteiger partial charge in [-0.15, -0.1) is 0 Å². The maximum atomic E-state index is 11.0. The van der Waals surface area contributed by atoms with Crippen LogP contribution in [-0.4, -0.2) is 59.5 Å². The van der Waals surface area contributed by atoms with Crippen LogP contribution in [0.15, 0.2) is 0 Å². The van der Waals surface area contributed by atoms with E-state index in [1.807, 2.05) is 6.92 Å². The van der Waals surface area contributed by atoms with Crippen LogP contribution in [0, 0.1) is 0 Å². The highest BCUT2D eigenvalue weighted by Crippen LogP contribution is 2.11. The van der Waals surface area contributed by atoms with Gasteiger partial charge in [0, 0.05) is 19.5 Å². The molecular formula is C12H23NO4. The van der Waals surface area contributed by atoms with Gasteiger partial charge >= 0.3 is 5.97 Å². The summed E-state index contributed by atoms with van der Waals surface area (Å²) >= 11 is 0. The fraction of sp³-hybridized carbons (Fsp3) is 0.917. The SMILES string of the molecule is CCOC(=O)CCCCCN1CC(O)C(O)C1. The summed E-state index contributed by atoms with van der Waals surface area (Å²) in [5, 5.41) is 18.7. The second-order valence-corrected chi connectivity index (χ2v) is 4.51. The predicted octanol–water partition coefficient (Wildman–Crippen LogP) is 0.147. The molecule has 0 amide bonds. The molecule has 1 aliphatic rings. The number of hydrogen-bond acceptors (Lipinski definition) is 5. The predicted molar refractivity (Wildman–Crippen MR) is 63.6 cm³/mol. The maximum absolute atomic E-state index is 11.0. The number of carbonyl (C=O) groups is 1. The molecule has 0 bridgehead atoms. The molecule has 1 aliphatic heterocycles. The van der Waals surface area contributed by atoms with E-state index < -0.39 is 12.2 Å². The second kappa shape index (κ2) is 7.63. The van der Waals surface area contributed by atoms with Crippen LogP contribution in [0.5, 0.6) is 0 Å². The Morgan fingerprint density at radius 3 is 2.47 bits per heavy atom. The summed E-state index contributed by atoms with van der Waals surface area (Å²) in [5.41, 5.74) is 0. The highest BCUT2D eigenvalue weighted by atomic mass is 16.5. The fourth-order valence-electron chi connectivity index (χ4n) is 2.04. The summed E-state index contributed by atoms with van der Waals surface area (Å²) in [5.74, 6) is -0.125. The van der Waals surface area contributed by atoms with Gasteiger partial charge in [0.25, 0.3) is 0 Å². The Kier molecular flexibility index (Phi) is 6.47. The summed E-state index contributed by atoms with van der Waals surface area (Å²) in [4.78, 5) is 13.1. The van der Waals surface area contributed by atoms with Crippen molar-refractivity contribution in [2.24, 2.45) is 0 Å². The first-order valence-electron chi connectivity index (χ1n) is 6.37. The molecule has 1 saturated heterocycles. The van der Waals surface area contributed by atoms with E-state index in [1.165, 1.54) is 0 Å². The van der Waals surface area contributed by atoms with E-state index in [1.54, 1.807) is 0 Å². The van der Waals surface area contributed by atoms with Crippen molar-refractivity contribution in [2.75, 3.05) is 26.2 Å². The fourth-order valence-corrected chi connectivity index (χ4v) is 2.04. The average Bonchev–Trinajstić information content (AvgIpc) is 2.58. The van der Waals surface area contributed by atoms with Gasteiger partial charge in [0.15, 0.2) is 0 Å². The Hall–Kier alpha value is -0.650. The number of carbonyl (C=O) groups excluding carboxylic acids is 1. The number of aliphatic hydroxyl groups excluding tert-OH is 2. The zero-order valence-electron chi connectivity index (χ0n) is 10.5. The monoisotopic (exact) mass is 245 g/mol. The number of esters is 1. The number of aliphatic hydroxyl groups is 2. The van der Waals surface area contributed by atoms with Crippen molar-refractivity contribution in [3.8, 4) is 0 Å². The van der Waals surface area contributed by atoms with Crippen molar-refractivity contribution in [3.05, 3.63) is 0 Å². The molecule has 1 fully saturated rings. The molecule has 0 saturated carbocycles. The lowest BCUT2D eigenvalue weighted by molar-refractivity contribution is -0.143. The molecule has 0 aliphatic carbocycles. The summed E-state index contributed by atoms with van der Waals surface area (Å²) in [6.45, 7) is 4.24. The van der Waals surface area contributed by atoms with Gasteiger partial charge in [-0.3, -0.25) is 9.69 Å². The van der Waals surface area contributed by atoms with Gasteiger partial charge in [0.05, 0.1) is 18.8 Å². The minimum Gasteiger partial charge on any atom is -0.466 e. The summed E-state index contributed by atoms with van der Waals surface area (Å²) in [6, 6.07) is 0. The molecular weight excluding hydrogens is 222 g/mol. The van der Waals surface area contributed by atoms with E-state index in [0.717, 1.165) is 25.8 Å². The van der Waals surface area contributed by atoms with E-state index in [-0.39, 0.29) is 5.97 Å². The highest BCUT2D eigenvalue weighted by molar-refractivity contribution is 5.69. The van der Waals surface area contributed by atoms with Crippen LogP contribution in [0.2, 0.25) is 0 Å². The number of unbranched alkanes of at least 4 members (excludes halogenated alkanes) is 2. The van der Waals surface area contributed by atoms with Crippen LogP contribution in [0.25, 0.3) is 0 Å². The third-order valence-corrected chi connectivity index (χ3v) is 3.00. The zero-order valence-corrected chi connectivity index (χ0v) is 10.5. The van der Waals surface area contributed by atoms with Crippen molar-refractivity contribution < 1.29 is 19.7 Å². The van der Waals surface area contributed by atoms with Crippen LogP contribution in [-0.2, 0) is 9.53 Å². The molecule has 2 atom stereocenters. The van der Waals surface area contributed by atoms with Crippen LogP contribution < -0.4 is 0 Å². The Balaban J connectivity index is 1.96. The topological polar surface area (TPSA) is 70.0 Å². The van der Waals surface area contributed by atoms with Gasteiger partial charge in [-0.2, -0.15) is 0 Å². The van der Waals surface area contributed by atoms with Crippen LogP contribution in [0.4, 0.5) is 0 Å². The molecule has 5 nitrogen and oxygen atoms in total. The van der Waals surface area contributed by atoms with E-state index in [2.05, 4.69) is 4.90 Å². The van der Waals surface area contributed by atoms with E-state index in [9.17, 15) is 15.0 Å². The second-order valence-electron chi connectivity index (χ2n) is 4.51. The first-order valence-corrected chi connectivity index (χ1v) is 6.37. The minimum absolute atomic E-state index is 0.125. The number of likely N-dealkylation sites (tertiary alicyclic amines) is 1. The van der Waals surface area contributed by atoms with E-state index in [4.69, 9.17) is 4.74 Å². The van der Waals surface area contributed by atoms with Gasteiger partial charge in [-0.25, -0.2) is 0 Å². The summed E-state index contributed by atoms with van der Waals surface area (Å²) < 4.78 is 4.83. The largest absolute Gasteiger partial charge is 0.466 e. The van der Waals surface area contributed by atoms with Crippen molar-refractivity contribution in [3.63, 3.8) is 0 Å². The lowest BCUT2D eigenvalue weighted by Crippen LogP contribution is -2.23. The number of ether oxygens (including phenoxy) is 1. The molecule has 0 radical (unpaired) electrons. The standard InChI is InChI=1S/C12H23NO4/c1-2-17-12(16)6-4-3-5-7-13-8-10(14)11(15)9-13/h10-11,14-15H,2-9H2,1H3. The molecule has 0 spiro atoms. The van der Waals surface area contributed by atoms with E-state index >= 15 is 0 Å². The van der Waals surface area contributed by atoms with Gasteiger partial charge < -0.3 is 14.9 Å². The van der Waals surface area contributed by atoms with Crippen LogP contribution >= 0.6 is 0 Å². The normalized spacial score (nSPS) is 25.1. The zero-order chi connectivity index (χ0) is 12.7. The first kappa shape index (κ1) is 14.4.